The predicted molar refractivity (Wildman–Crippen MR) is 94.8 cm³/mol. The van der Waals surface area contributed by atoms with Gasteiger partial charge in [0.15, 0.2) is 0 Å². The van der Waals surface area contributed by atoms with Crippen LogP contribution < -0.4 is 0 Å². The molecule has 0 radical (unpaired) electrons. The highest BCUT2D eigenvalue weighted by molar-refractivity contribution is 5.89. The molecule has 2 rings (SSSR count). The largest absolute Gasteiger partial charge is 0.478 e. The Kier molecular flexibility index (Phi) is 6.40. The van der Waals surface area contributed by atoms with Crippen LogP contribution in [0, 0.1) is 11.8 Å². The second kappa shape index (κ2) is 8.52. The quantitative estimate of drug-likeness (QED) is 0.725. The van der Waals surface area contributed by atoms with Crippen LogP contribution in [0.3, 0.4) is 0 Å². The highest BCUT2D eigenvalue weighted by Crippen LogP contribution is 2.26. The van der Waals surface area contributed by atoms with Gasteiger partial charge < -0.3 is 5.11 Å². The second-order valence-corrected chi connectivity index (χ2v) is 6.34. The molecule has 0 aliphatic rings. The molecule has 2 heteroatoms. The summed E-state index contributed by atoms with van der Waals surface area (Å²) in [5.41, 5.74) is 2.77. The van der Waals surface area contributed by atoms with Crippen molar-refractivity contribution in [1.29, 1.82) is 0 Å². The molecule has 1 N–H and O–H groups in total. The Hall–Kier alpha value is -2.09. The predicted octanol–water partition coefficient (Wildman–Crippen LogP) is 5.22. The lowest BCUT2D eigenvalue weighted by molar-refractivity contribution is 0.0695. The average Bonchev–Trinajstić information content (AvgIpc) is 2.56. The van der Waals surface area contributed by atoms with E-state index in [0.29, 0.717) is 17.4 Å². The van der Waals surface area contributed by atoms with Crippen molar-refractivity contribution in [3.63, 3.8) is 0 Å². The first-order chi connectivity index (χ1) is 11.1. The molecule has 0 amide bonds. The van der Waals surface area contributed by atoms with Crippen molar-refractivity contribution in [3.05, 3.63) is 71.3 Å². The van der Waals surface area contributed by atoms with E-state index in [9.17, 15) is 9.90 Å². The van der Waals surface area contributed by atoms with Crippen LogP contribution in [0.2, 0.25) is 0 Å². The summed E-state index contributed by atoms with van der Waals surface area (Å²) < 4.78 is 0. The fraction of sp³-hybridized carbons (Fsp3) is 0.381. The van der Waals surface area contributed by atoms with E-state index >= 15 is 0 Å². The lowest BCUT2D eigenvalue weighted by Crippen LogP contribution is -2.15. The first-order valence-electron chi connectivity index (χ1n) is 8.47. The first kappa shape index (κ1) is 17.3. The fourth-order valence-corrected chi connectivity index (χ4v) is 3.33. The Morgan fingerprint density at radius 1 is 1.04 bits per heavy atom. The van der Waals surface area contributed by atoms with Gasteiger partial charge in [-0.1, -0.05) is 68.8 Å². The van der Waals surface area contributed by atoms with Gasteiger partial charge in [-0.25, -0.2) is 4.79 Å². The summed E-state index contributed by atoms with van der Waals surface area (Å²) in [5, 5.41) is 9.29. The molecular weight excluding hydrogens is 284 g/mol. The summed E-state index contributed by atoms with van der Waals surface area (Å²) in [6.45, 7) is 4.54. The van der Waals surface area contributed by atoms with Crippen LogP contribution in [0.25, 0.3) is 0 Å². The molecule has 2 unspecified atom stereocenters. The van der Waals surface area contributed by atoms with Gasteiger partial charge in [0.1, 0.15) is 0 Å². The van der Waals surface area contributed by atoms with Crippen LogP contribution in [-0.4, -0.2) is 11.1 Å². The van der Waals surface area contributed by atoms with Crippen molar-refractivity contribution in [2.45, 2.75) is 39.5 Å². The standard InChI is InChI=1S/C21H26O2/c1-3-18(16(2)15-17-9-5-4-6-10-17)13-14-19-11-7-8-12-20(19)21(22)23/h4-12,16,18H,3,13-15H2,1-2H3,(H,22,23). The van der Waals surface area contributed by atoms with Crippen molar-refractivity contribution in [1.82, 2.24) is 0 Å². The molecule has 0 aliphatic carbocycles. The van der Waals surface area contributed by atoms with Gasteiger partial charge in [-0.3, -0.25) is 0 Å². The van der Waals surface area contributed by atoms with Gasteiger partial charge >= 0.3 is 5.97 Å². The highest BCUT2D eigenvalue weighted by atomic mass is 16.4. The number of hydrogen-bond acceptors (Lipinski definition) is 1. The maximum Gasteiger partial charge on any atom is 0.335 e. The molecule has 0 bridgehead atoms. The Balaban J connectivity index is 1.98. The zero-order valence-corrected chi connectivity index (χ0v) is 14.0. The number of hydrogen-bond donors (Lipinski definition) is 1. The number of aryl methyl sites for hydroxylation is 1. The van der Waals surface area contributed by atoms with Crippen molar-refractivity contribution in [2.24, 2.45) is 11.8 Å². The SMILES string of the molecule is CCC(CCc1ccccc1C(=O)O)C(C)Cc1ccccc1. The van der Waals surface area contributed by atoms with E-state index in [1.807, 2.05) is 18.2 Å². The number of carboxylic acid groups (broad SMARTS) is 1. The Labute approximate surface area is 139 Å². The Morgan fingerprint density at radius 2 is 1.70 bits per heavy atom. The Morgan fingerprint density at radius 3 is 2.35 bits per heavy atom. The van der Waals surface area contributed by atoms with Crippen molar-refractivity contribution >= 4 is 5.97 Å². The minimum absolute atomic E-state index is 0.443. The zero-order valence-electron chi connectivity index (χ0n) is 14.0. The summed E-state index contributed by atoms with van der Waals surface area (Å²) in [4.78, 5) is 11.3. The maximum absolute atomic E-state index is 11.3. The number of benzene rings is 2. The molecular formula is C21H26O2. The summed E-state index contributed by atoms with van der Waals surface area (Å²) in [6, 6.07) is 18.0. The van der Waals surface area contributed by atoms with Gasteiger partial charge in [0.25, 0.3) is 0 Å². The molecule has 2 aromatic carbocycles. The third kappa shape index (κ3) is 4.95. The van der Waals surface area contributed by atoms with Gasteiger partial charge in [-0.2, -0.15) is 0 Å². The normalized spacial score (nSPS) is 13.5. The highest BCUT2D eigenvalue weighted by Gasteiger charge is 2.17. The number of rotatable bonds is 8. The van der Waals surface area contributed by atoms with Crippen molar-refractivity contribution in [2.75, 3.05) is 0 Å². The smallest absolute Gasteiger partial charge is 0.335 e. The minimum atomic E-state index is -0.828. The van der Waals surface area contributed by atoms with Crippen LogP contribution in [0.5, 0.6) is 0 Å². The molecule has 0 saturated heterocycles. The van der Waals surface area contributed by atoms with E-state index in [2.05, 4.69) is 38.1 Å². The third-order valence-electron chi connectivity index (χ3n) is 4.76. The van der Waals surface area contributed by atoms with Gasteiger partial charge in [0.05, 0.1) is 5.56 Å². The molecule has 2 nitrogen and oxygen atoms in total. The molecule has 122 valence electrons. The van der Waals surface area contributed by atoms with Crippen LogP contribution in [0.4, 0.5) is 0 Å². The van der Waals surface area contributed by atoms with E-state index in [4.69, 9.17) is 0 Å². The summed E-state index contributed by atoms with van der Waals surface area (Å²) in [5.74, 6) is 0.377. The molecule has 0 aliphatic heterocycles. The third-order valence-corrected chi connectivity index (χ3v) is 4.76. The fourth-order valence-electron chi connectivity index (χ4n) is 3.33. The molecule has 23 heavy (non-hydrogen) atoms. The molecule has 0 saturated carbocycles. The molecule has 2 aromatic rings. The monoisotopic (exact) mass is 310 g/mol. The molecule has 0 spiro atoms. The molecule has 2 atom stereocenters. The van der Waals surface area contributed by atoms with Crippen molar-refractivity contribution < 1.29 is 9.90 Å². The lowest BCUT2D eigenvalue weighted by atomic mass is 9.82. The van der Waals surface area contributed by atoms with E-state index in [1.165, 1.54) is 5.56 Å². The van der Waals surface area contributed by atoms with Crippen LogP contribution in [-0.2, 0) is 12.8 Å². The van der Waals surface area contributed by atoms with Crippen LogP contribution >= 0.6 is 0 Å². The first-order valence-corrected chi connectivity index (χ1v) is 8.47. The second-order valence-electron chi connectivity index (χ2n) is 6.34. The molecule has 0 heterocycles. The van der Waals surface area contributed by atoms with Gasteiger partial charge in [-0.05, 0) is 48.3 Å². The van der Waals surface area contributed by atoms with E-state index in [0.717, 1.165) is 31.2 Å². The molecule has 0 fully saturated rings. The van der Waals surface area contributed by atoms with Crippen molar-refractivity contribution in [3.8, 4) is 0 Å². The van der Waals surface area contributed by atoms with E-state index < -0.39 is 5.97 Å². The van der Waals surface area contributed by atoms with Gasteiger partial charge in [0, 0.05) is 0 Å². The zero-order chi connectivity index (χ0) is 16.7. The maximum atomic E-state index is 11.3. The number of carboxylic acids is 1. The average molecular weight is 310 g/mol. The molecule has 0 aromatic heterocycles. The van der Waals surface area contributed by atoms with Gasteiger partial charge in [-0.15, -0.1) is 0 Å². The summed E-state index contributed by atoms with van der Waals surface area (Å²) in [6.07, 6.45) is 4.08. The van der Waals surface area contributed by atoms with Crippen LogP contribution in [0.15, 0.2) is 54.6 Å². The summed E-state index contributed by atoms with van der Waals surface area (Å²) in [7, 11) is 0. The Bertz CT molecular complexity index is 619. The van der Waals surface area contributed by atoms with E-state index in [-0.39, 0.29) is 0 Å². The lowest BCUT2D eigenvalue weighted by Gasteiger charge is -2.23. The summed E-state index contributed by atoms with van der Waals surface area (Å²) >= 11 is 0. The van der Waals surface area contributed by atoms with Crippen LogP contribution in [0.1, 0.15) is 48.2 Å². The minimum Gasteiger partial charge on any atom is -0.478 e. The van der Waals surface area contributed by atoms with Gasteiger partial charge in [0.2, 0.25) is 0 Å². The topological polar surface area (TPSA) is 37.3 Å². The van der Waals surface area contributed by atoms with E-state index in [1.54, 1.807) is 12.1 Å². The number of aromatic carboxylic acids is 1. The number of carbonyl (C=O) groups is 1.